The van der Waals surface area contributed by atoms with E-state index in [9.17, 15) is 4.79 Å². The van der Waals surface area contributed by atoms with Gasteiger partial charge in [-0.25, -0.2) is 0 Å². The van der Waals surface area contributed by atoms with Gasteiger partial charge in [0.05, 0.1) is 5.56 Å². The largest absolute Gasteiger partial charge is 0.350 e. The smallest absolute Gasteiger partial charge is 0.252 e. The first-order valence-electron chi connectivity index (χ1n) is 5.46. The summed E-state index contributed by atoms with van der Waals surface area (Å²) in [7, 11) is 0. The fourth-order valence-electron chi connectivity index (χ4n) is 1.23. The molecule has 0 fully saturated rings. The van der Waals surface area contributed by atoms with E-state index < -0.39 is 0 Å². The molecule has 1 rings (SSSR count). The summed E-state index contributed by atoms with van der Waals surface area (Å²) in [6.45, 7) is 6.46. The molecule has 1 aromatic rings. The number of carbonyl (C=O) groups is 1. The molecule has 0 aliphatic heterocycles. The van der Waals surface area contributed by atoms with Crippen molar-refractivity contribution in [3.63, 3.8) is 0 Å². The molecular weight excluding hydrogens is 202 g/mol. The molecule has 1 heterocycles. The Morgan fingerprint density at radius 1 is 1.50 bits per heavy atom. The van der Waals surface area contributed by atoms with E-state index >= 15 is 0 Å². The minimum Gasteiger partial charge on any atom is -0.350 e. The first-order chi connectivity index (χ1) is 7.50. The van der Waals surface area contributed by atoms with Crippen LogP contribution < -0.4 is 11.1 Å². The number of nitrogens with two attached hydrogens (primary N) is 1. The number of hydrogen-bond donors (Lipinski definition) is 2. The summed E-state index contributed by atoms with van der Waals surface area (Å²) in [5, 5.41) is 2.80. The Morgan fingerprint density at radius 2 is 2.19 bits per heavy atom. The second kappa shape index (κ2) is 5.61. The molecule has 1 atom stereocenters. The summed E-state index contributed by atoms with van der Waals surface area (Å²) >= 11 is 0. The van der Waals surface area contributed by atoms with Crippen molar-refractivity contribution in [2.24, 2.45) is 11.7 Å². The normalized spacial score (nSPS) is 12.6. The fourth-order valence-corrected chi connectivity index (χ4v) is 1.23. The molecule has 88 valence electrons. The van der Waals surface area contributed by atoms with E-state index in [0.717, 1.165) is 5.56 Å². The van der Waals surface area contributed by atoms with E-state index in [1.807, 2.05) is 26.8 Å². The number of aromatic nitrogens is 1. The van der Waals surface area contributed by atoms with E-state index in [2.05, 4.69) is 10.3 Å². The van der Waals surface area contributed by atoms with Crippen molar-refractivity contribution in [3.05, 3.63) is 29.6 Å². The lowest BCUT2D eigenvalue weighted by Gasteiger charge is -2.16. The second-order valence-corrected chi connectivity index (χ2v) is 4.37. The van der Waals surface area contributed by atoms with E-state index in [1.54, 1.807) is 12.4 Å². The van der Waals surface area contributed by atoms with Gasteiger partial charge < -0.3 is 11.1 Å². The van der Waals surface area contributed by atoms with Gasteiger partial charge >= 0.3 is 0 Å². The zero-order valence-electron chi connectivity index (χ0n) is 10.0. The zero-order valence-corrected chi connectivity index (χ0v) is 10.0. The molecule has 0 aliphatic rings. The highest BCUT2D eigenvalue weighted by Crippen LogP contribution is 2.01. The van der Waals surface area contributed by atoms with Crippen LogP contribution in [0.3, 0.4) is 0 Å². The molecule has 0 saturated carbocycles. The maximum atomic E-state index is 11.7. The van der Waals surface area contributed by atoms with E-state index in [0.29, 0.717) is 18.0 Å². The highest BCUT2D eigenvalue weighted by atomic mass is 16.1. The number of amides is 1. The molecule has 0 aliphatic carbocycles. The Balaban J connectivity index is 2.53. The van der Waals surface area contributed by atoms with E-state index in [1.165, 1.54) is 0 Å². The zero-order chi connectivity index (χ0) is 12.1. The van der Waals surface area contributed by atoms with Crippen LogP contribution in [0.5, 0.6) is 0 Å². The number of hydrogen-bond acceptors (Lipinski definition) is 3. The average Bonchev–Trinajstić information content (AvgIpc) is 2.25. The molecule has 16 heavy (non-hydrogen) atoms. The SMILES string of the molecule is Cc1cncc(C(=O)NCC(N)C(C)C)c1. The van der Waals surface area contributed by atoms with Crippen LogP contribution in [-0.4, -0.2) is 23.5 Å². The van der Waals surface area contributed by atoms with Crippen LogP contribution in [-0.2, 0) is 0 Å². The summed E-state index contributed by atoms with van der Waals surface area (Å²) in [6, 6.07) is 1.80. The maximum Gasteiger partial charge on any atom is 0.252 e. The lowest BCUT2D eigenvalue weighted by atomic mass is 10.1. The summed E-state index contributed by atoms with van der Waals surface area (Å²) < 4.78 is 0. The van der Waals surface area contributed by atoms with Gasteiger partial charge in [-0.05, 0) is 24.5 Å². The van der Waals surface area contributed by atoms with Crippen molar-refractivity contribution >= 4 is 5.91 Å². The van der Waals surface area contributed by atoms with Crippen molar-refractivity contribution in [3.8, 4) is 0 Å². The molecule has 4 heteroatoms. The average molecular weight is 221 g/mol. The molecule has 1 aromatic heterocycles. The van der Waals surface area contributed by atoms with Crippen LogP contribution in [0.25, 0.3) is 0 Å². The quantitative estimate of drug-likeness (QED) is 0.800. The third-order valence-corrected chi connectivity index (χ3v) is 2.49. The molecule has 0 bridgehead atoms. The highest BCUT2D eigenvalue weighted by molar-refractivity contribution is 5.94. The third-order valence-electron chi connectivity index (χ3n) is 2.49. The van der Waals surface area contributed by atoms with E-state index in [4.69, 9.17) is 5.73 Å². The van der Waals surface area contributed by atoms with Gasteiger partial charge in [0.1, 0.15) is 0 Å². The minimum absolute atomic E-state index is 0.0123. The van der Waals surface area contributed by atoms with Crippen LogP contribution in [0.4, 0.5) is 0 Å². The van der Waals surface area contributed by atoms with Crippen LogP contribution in [0.2, 0.25) is 0 Å². The summed E-state index contributed by atoms with van der Waals surface area (Å²) in [6.07, 6.45) is 3.28. The summed E-state index contributed by atoms with van der Waals surface area (Å²) in [5.74, 6) is 0.239. The van der Waals surface area contributed by atoms with Crippen LogP contribution in [0.15, 0.2) is 18.5 Å². The van der Waals surface area contributed by atoms with Crippen molar-refractivity contribution in [1.82, 2.24) is 10.3 Å². The van der Waals surface area contributed by atoms with Crippen molar-refractivity contribution in [2.45, 2.75) is 26.8 Å². The number of carbonyl (C=O) groups excluding carboxylic acids is 1. The standard InChI is InChI=1S/C12H19N3O/c1-8(2)11(13)7-15-12(16)10-4-9(3)5-14-6-10/h4-6,8,11H,7,13H2,1-3H3,(H,15,16). The van der Waals surface area contributed by atoms with Crippen molar-refractivity contribution < 1.29 is 4.79 Å². The summed E-state index contributed by atoms with van der Waals surface area (Å²) in [4.78, 5) is 15.7. The highest BCUT2D eigenvalue weighted by Gasteiger charge is 2.10. The Labute approximate surface area is 96.3 Å². The Morgan fingerprint density at radius 3 is 2.75 bits per heavy atom. The van der Waals surface area contributed by atoms with Gasteiger partial charge in [-0.2, -0.15) is 0 Å². The number of aryl methyl sites for hydroxylation is 1. The first-order valence-corrected chi connectivity index (χ1v) is 5.46. The number of nitrogens with zero attached hydrogens (tertiary/aromatic N) is 1. The lowest BCUT2D eigenvalue weighted by Crippen LogP contribution is -2.40. The molecule has 0 radical (unpaired) electrons. The van der Waals surface area contributed by atoms with Crippen LogP contribution >= 0.6 is 0 Å². The van der Waals surface area contributed by atoms with Crippen LogP contribution in [0.1, 0.15) is 29.8 Å². The predicted octanol–water partition coefficient (Wildman–Crippen LogP) is 1.10. The topological polar surface area (TPSA) is 68.0 Å². The molecule has 4 nitrogen and oxygen atoms in total. The van der Waals surface area contributed by atoms with Gasteiger partial charge in [0.2, 0.25) is 0 Å². The van der Waals surface area contributed by atoms with Gasteiger partial charge in [0.25, 0.3) is 5.91 Å². The number of rotatable bonds is 4. The van der Waals surface area contributed by atoms with Gasteiger partial charge in [0, 0.05) is 25.0 Å². The van der Waals surface area contributed by atoms with Gasteiger partial charge in [-0.15, -0.1) is 0 Å². The van der Waals surface area contributed by atoms with Crippen LogP contribution in [0, 0.1) is 12.8 Å². The molecule has 0 aromatic carbocycles. The van der Waals surface area contributed by atoms with Gasteiger partial charge in [-0.1, -0.05) is 13.8 Å². The molecule has 0 saturated heterocycles. The van der Waals surface area contributed by atoms with Crippen molar-refractivity contribution in [1.29, 1.82) is 0 Å². The van der Waals surface area contributed by atoms with E-state index in [-0.39, 0.29) is 11.9 Å². The van der Waals surface area contributed by atoms with Crippen molar-refractivity contribution in [2.75, 3.05) is 6.54 Å². The van der Waals surface area contributed by atoms with Gasteiger partial charge in [0.15, 0.2) is 0 Å². The number of nitrogens with one attached hydrogen (secondary N) is 1. The Kier molecular flexibility index (Phi) is 4.43. The molecule has 1 unspecified atom stereocenters. The number of pyridine rings is 1. The third kappa shape index (κ3) is 3.62. The monoisotopic (exact) mass is 221 g/mol. The predicted molar refractivity (Wildman–Crippen MR) is 64.1 cm³/mol. The minimum atomic E-state index is -0.118. The fraction of sp³-hybridized carbons (Fsp3) is 0.500. The molecule has 1 amide bonds. The second-order valence-electron chi connectivity index (χ2n) is 4.37. The first kappa shape index (κ1) is 12.6. The van der Waals surface area contributed by atoms with Gasteiger partial charge in [-0.3, -0.25) is 9.78 Å². The Hall–Kier alpha value is -1.42. The molecule has 3 N–H and O–H groups in total. The Bertz CT molecular complexity index is 363. The maximum absolute atomic E-state index is 11.7. The summed E-state index contributed by atoms with van der Waals surface area (Å²) in [5.41, 5.74) is 7.39. The molecular formula is C12H19N3O. The lowest BCUT2D eigenvalue weighted by molar-refractivity contribution is 0.0949. The molecule has 0 spiro atoms.